The summed E-state index contributed by atoms with van der Waals surface area (Å²) in [5, 5.41) is 0. The van der Waals surface area contributed by atoms with Crippen LogP contribution in [0.2, 0.25) is 0 Å². The fraction of sp³-hybridized carbons (Fsp3) is 0.429. The van der Waals surface area contributed by atoms with Crippen LogP contribution in [0.3, 0.4) is 0 Å². The third-order valence-corrected chi connectivity index (χ3v) is 3.11. The van der Waals surface area contributed by atoms with Crippen LogP contribution in [0.15, 0.2) is 24.3 Å². The molecule has 0 N–H and O–H groups in total. The Labute approximate surface area is 101 Å². The minimum Gasteiger partial charge on any atom is -0.312 e. The second-order valence-corrected chi connectivity index (χ2v) is 4.48. The molecule has 0 aliphatic carbocycles. The van der Waals surface area contributed by atoms with Gasteiger partial charge in [-0.3, -0.25) is 9.59 Å². The molecule has 1 amide bonds. The lowest BCUT2D eigenvalue weighted by atomic mass is 10.1. The lowest BCUT2D eigenvalue weighted by Gasteiger charge is -2.22. The lowest BCUT2D eigenvalue weighted by Crippen LogP contribution is -2.32. The van der Waals surface area contributed by atoms with Crippen LogP contribution in [0.1, 0.15) is 31.7 Å². The summed E-state index contributed by atoms with van der Waals surface area (Å²) in [7, 11) is 0. The van der Waals surface area contributed by atoms with E-state index in [0.717, 1.165) is 18.5 Å². The molecule has 0 saturated carbocycles. The predicted octanol–water partition coefficient (Wildman–Crippen LogP) is 2.33. The molecule has 1 aliphatic heterocycles. The van der Waals surface area contributed by atoms with Gasteiger partial charge in [-0.1, -0.05) is 18.2 Å². The monoisotopic (exact) mass is 231 g/mol. The zero-order valence-corrected chi connectivity index (χ0v) is 10.1. The average Bonchev–Trinajstić information content (AvgIpc) is 2.45. The normalized spacial score (nSPS) is 15.4. The van der Waals surface area contributed by atoms with Gasteiger partial charge in [-0.25, -0.2) is 0 Å². The highest BCUT2D eigenvalue weighted by molar-refractivity contribution is 5.95. The number of hydrogen-bond donors (Lipinski definition) is 0. The standard InChI is InChI=1S/C14H17NO2/c1-11(16)9-10-15-13-7-3-2-5-12(13)6-4-8-14(15)17/h2-3,5,7H,4,6,8-10H2,1H3. The summed E-state index contributed by atoms with van der Waals surface area (Å²) in [5.41, 5.74) is 2.19. The van der Waals surface area contributed by atoms with Crippen molar-refractivity contribution in [2.45, 2.75) is 32.6 Å². The smallest absolute Gasteiger partial charge is 0.227 e. The number of carbonyl (C=O) groups excluding carboxylic acids is 2. The number of carbonyl (C=O) groups is 2. The number of rotatable bonds is 3. The lowest BCUT2D eigenvalue weighted by molar-refractivity contribution is -0.118. The highest BCUT2D eigenvalue weighted by atomic mass is 16.2. The van der Waals surface area contributed by atoms with Gasteiger partial charge in [-0.05, 0) is 31.4 Å². The zero-order chi connectivity index (χ0) is 12.3. The molecule has 0 radical (unpaired) electrons. The first kappa shape index (κ1) is 11.8. The number of ketones is 1. The highest BCUT2D eigenvalue weighted by Gasteiger charge is 2.21. The predicted molar refractivity (Wildman–Crippen MR) is 67.0 cm³/mol. The number of nitrogens with zero attached hydrogens (tertiary/aromatic N) is 1. The molecule has 0 atom stereocenters. The largest absolute Gasteiger partial charge is 0.312 e. The SMILES string of the molecule is CC(=O)CCN1C(=O)CCCc2ccccc21. The van der Waals surface area contributed by atoms with E-state index in [9.17, 15) is 9.59 Å². The fourth-order valence-corrected chi connectivity index (χ4v) is 2.20. The molecule has 0 aromatic heterocycles. The maximum Gasteiger partial charge on any atom is 0.227 e. The summed E-state index contributed by atoms with van der Waals surface area (Å²) < 4.78 is 0. The van der Waals surface area contributed by atoms with E-state index in [1.165, 1.54) is 5.56 Å². The van der Waals surface area contributed by atoms with E-state index in [-0.39, 0.29) is 11.7 Å². The van der Waals surface area contributed by atoms with Crippen LogP contribution >= 0.6 is 0 Å². The first-order valence-electron chi connectivity index (χ1n) is 6.06. The van der Waals surface area contributed by atoms with Crippen molar-refractivity contribution in [3.63, 3.8) is 0 Å². The quantitative estimate of drug-likeness (QED) is 0.800. The number of aryl methyl sites for hydroxylation is 1. The maximum absolute atomic E-state index is 12.0. The summed E-state index contributed by atoms with van der Waals surface area (Å²) in [6.45, 7) is 2.07. The van der Waals surface area contributed by atoms with Gasteiger partial charge < -0.3 is 4.90 Å². The molecule has 3 heteroatoms. The van der Waals surface area contributed by atoms with Crippen LogP contribution in [-0.4, -0.2) is 18.2 Å². The van der Waals surface area contributed by atoms with Gasteiger partial charge in [-0.2, -0.15) is 0 Å². The average molecular weight is 231 g/mol. The van der Waals surface area contributed by atoms with Gasteiger partial charge in [0.2, 0.25) is 5.91 Å². The third kappa shape index (κ3) is 2.73. The van der Waals surface area contributed by atoms with Crippen LogP contribution in [-0.2, 0) is 16.0 Å². The molecule has 3 nitrogen and oxygen atoms in total. The molecular weight excluding hydrogens is 214 g/mol. The Morgan fingerprint density at radius 2 is 2.06 bits per heavy atom. The fourth-order valence-electron chi connectivity index (χ4n) is 2.20. The molecule has 0 saturated heterocycles. The molecule has 1 aliphatic rings. The number of anilines is 1. The highest BCUT2D eigenvalue weighted by Crippen LogP contribution is 2.26. The minimum atomic E-state index is 0.125. The van der Waals surface area contributed by atoms with E-state index in [1.807, 2.05) is 18.2 Å². The summed E-state index contributed by atoms with van der Waals surface area (Å²) in [5.74, 6) is 0.260. The van der Waals surface area contributed by atoms with Gasteiger partial charge in [0.1, 0.15) is 5.78 Å². The molecule has 0 unspecified atom stereocenters. The maximum atomic E-state index is 12.0. The first-order valence-corrected chi connectivity index (χ1v) is 6.06. The van der Waals surface area contributed by atoms with Crippen molar-refractivity contribution in [3.05, 3.63) is 29.8 Å². The molecule has 2 rings (SSSR count). The van der Waals surface area contributed by atoms with Crippen molar-refractivity contribution in [2.75, 3.05) is 11.4 Å². The van der Waals surface area contributed by atoms with Gasteiger partial charge >= 0.3 is 0 Å². The van der Waals surface area contributed by atoms with Crippen molar-refractivity contribution in [1.29, 1.82) is 0 Å². The van der Waals surface area contributed by atoms with Crippen molar-refractivity contribution < 1.29 is 9.59 Å². The number of hydrogen-bond acceptors (Lipinski definition) is 2. The van der Waals surface area contributed by atoms with Gasteiger partial charge in [-0.15, -0.1) is 0 Å². The van der Waals surface area contributed by atoms with Crippen molar-refractivity contribution >= 4 is 17.4 Å². The Kier molecular flexibility index (Phi) is 3.57. The molecule has 0 bridgehead atoms. The van der Waals surface area contributed by atoms with E-state index in [2.05, 4.69) is 6.07 Å². The van der Waals surface area contributed by atoms with Crippen LogP contribution in [0, 0.1) is 0 Å². The topological polar surface area (TPSA) is 37.4 Å². The molecule has 1 aromatic rings. The van der Waals surface area contributed by atoms with Crippen LogP contribution < -0.4 is 4.90 Å². The van der Waals surface area contributed by atoms with Gasteiger partial charge in [0.05, 0.1) is 0 Å². The van der Waals surface area contributed by atoms with E-state index >= 15 is 0 Å². The number of amides is 1. The van der Waals surface area contributed by atoms with Gasteiger partial charge in [0.15, 0.2) is 0 Å². The van der Waals surface area contributed by atoms with Crippen molar-refractivity contribution in [2.24, 2.45) is 0 Å². The molecule has 0 spiro atoms. The summed E-state index contributed by atoms with van der Waals surface area (Å²) in [4.78, 5) is 24.8. The second kappa shape index (κ2) is 5.13. The molecule has 1 heterocycles. The van der Waals surface area contributed by atoms with Gasteiger partial charge in [0, 0.05) is 25.1 Å². The molecule has 90 valence electrons. The number of fused-ring (bicyclic) bond motifs is 1. The Balaban J connectivity index is 2.27. The third-order valence-electron chi connectivity index (χ3n) is 3.11. The first-order chi connectivity index (χ1) is 8.18. The molecular formula is C14H17NO2. The summed E-state index contributed by atoms with van der Waals surface area (Å²) in [6.07, 6.45) is 2.84. The number of para-hydroxylation sites is 1. The Hall–Kier alpha value is -1.64. The van der Waals surface area contributed by atoms with Gasteiger partial charge in [0.25, 0.3) is 0 Å². The molecule has 0 fully saturated rings. The Morgan fingerprint density at radius 3 is 2.82 bits per heavy atom. The van der Waals surface area contributed by atoms with E-state index < -0.39 is 0 Å². The Bertz CT molecular complexity index is 440. The summed E-state index contributed by atoms with van der Waals surface area (Å²) in [6, 6.07) is 7.98. The van der Waals surface area contributed by atoms with Crippen molar-refractivity contribution in [3.8, 4) is 0 Å². The minimum absolute atomic E-state index is 0.125. The van der Waals surface area contributed by atoms with E-state index in [0.29, 0.717) is 19.4 Å². The zero-order valence-electron chi connectivity index (χ0n) is 10.1. The second-order valence-electron chi connectivity index (χ2n) is 4.48. The Morgan fingerprint density at radius 1 is 1.29 bits per heavy atom. The van der Waals surface area contributed by atoms with Crippen LogP contribution in [0.5, 0.6) is 0 Å². The van der Waals surface area contributed by atoms with Crippen LogP contribution in [0.25, 0.3) is 0 Å². The molecule has 17 heavy (non-hydrogen) atoms. The number of benzene rings is 1. The van der Waals surface area contributed by atoms with Crippen molar-refractivity contribution in [1.82, 2.24) is 0 Å². The number of Topliss-reactive ketones (excluding diaryl/α,β-unsaturated/α-hetero) is 1. The molecule has 1 aromatic carbocycles. The summed E-state index contributed by atoms with van der Waals surface area (Å²) >= 11 is 0. The van der Waals surface area contributed by atoms with E-state index in [1.54, 1.807) is 11.8 Å². The van der Waals surface area contributed by atoms with E-state index in [4.69, 9.17) is 0 Å². The van der Waals surface area contributed by atoms with Crippen LogP contribution in [0.4, 0.5) is 5.69 Å².